The fraction of sp³-hybridized carbons (Fsp3) is 0.238. The predicted octanol–water partition coefficient (Wildman–Crippen LogP) is 4.46. The van der Waals surface area contributed by atoms with Crippen LogP contribution in [0.5, 0.6) is 11.5 Å². The number of amides is 1. The van der Waals surface area contributed by atoms with E-state index in [1.54, 1.807) is 0 Å². The van der Waals surface area contributed by atoms with Gasteiger partial charge in [-0.25, -0.2) is 4.98 Å². The summed E-state index contributed by atoms with van der Waals surface area (Å²) in [7, 11) is 0. The van der Waals surface area contributed by atoms with Crippen molar-refractivity contribution in [1.29, 1.82) is 0 Å². The predicted molar refractivity (Wildman–Crippen MR) is 107 cm³/mol. The van der Waals surface area contributed by atoms with Crippen LogP contribution in [-0.2, 0) is 11.2 Å². The van der Waals surface area contributed by atoms with Crippen molar-refractivity contribution in [3.05, 3.63) is 59.0 Å². The molecule has 1 aliphatic heterocycles. The molecule has 0 fully saturated rings. The second kappa shape index (κ2) is 7.80. The van der Waals surface area contributed by atoms with Crippen LogP contribution in [0.2, 0.25) is 0 Å². The maximum Gasteiger partial charge on any atom is 0.264 e. The summed E-state index contributed by atoms with van der Waals surface area (Å²) in [6, 6.07) is 13.9. The summed E-state index contributed by atoms with van der Waals surface area (Å²) >= 11 is 1.40. The third-order valence-corrected chi connectivity index (χ3v) is 5.11. The minimum atomic E-state index is -0.238. The quantitative estimate of drug-likeness (QED) is 0.710. The highest BCUT2D eigenvalue weighted by Crippen LogP contribution is 2.29. The summed E-state index contributed by atoms with van der Waals surface area (Å²) < 4.78 is 11.2. The molecule has 0 saturated heterocycles. The highest BCUT2D eigenvalue weighted by molar-refractivity contribution is 7.14. The Morgan fingerprint density at radius 1 is 1.26 bits per heavy atom. The molecule has 138 valence electrons. The number of aromatic nitrogens is 1. The number of ether oxygens (including phenoxy) is 2. The molecule has 0 aliphatic carbocycles. The van der Waals surface area contributed by atoms with E-state index in [0.717, 1.165) is 36.5 Å². The molecule has 6 heteroatoms. The van der Waals surface area contributed by atoms with Crippen molar-refractivity contribution < 1.29 is 14.3 Å². The maximum absolute atomic E-state index is 12.2. The molecular formula is C21H20N2O3S. The van der Waals surface area contributed by atoms with Crippen molar-refractivity contribution in [3.63, 3.8) is 0 Å². The van der Waals surface area contributed by atoms with Gasteiger partial charge in [-0.15, -0.1) is 11.3 Å². The van der Waals surface area contributed by atoms with E-state index < -0.39 is 0 Å². The van der Waals surface area contributed by atoms with Crippen LogP contribution >= 0.6 is 11.3 Å². The second-order valence-electron chi connectivity index (χ2n) is 6.46. The first-order valence-corrected chi connectivity index (χ1v) is 9.76. The Kier molecular flexibility index (Phi) is 5.07. The molecule has 1 aromatic heterocycles. The minimum absolute atomic E-state index is 0.0712. The summed E-state index contributed by atoms with van der Waals surface area (Å²) in [4.78, 5) is 16.6. The second-order valence-corrected chi connectivity index (χ2v) is 7.32. The number of carbonyl (C=O) groups excluding carboxylic acids is 1. The number of nitrogens with one attached hydrogen (secondary N) is 1. The van der Waals surface area contributed by atoms with Gasteiger partial charge in [-0.2, -0.15) is 0 Å². The summed E-state index contributed by atoms with van der Waals surface area (Å²) in [6.45, 7) is 2.70. The number of hydrogen-bond donors (Lipinski definition) is 1. The summed E-state index contributed by atoms with van der Waals surface area (Å²) in [5, 5.41) is 5.28. The van der Waals surface area contributed by atoms with Gasteiger partial charge in [0.15, 0.2) is 11.7 Å². The summed E-state index contributed by atoms with van der Waals surface area (Å²) in [5.41, 5.74) is 4.27. The summed E-state index contributed by atoms with van der Waals surface area (Å²) in [5.74, 6) is 1.24. The van der Waals surface area contributed by atoms with Crippen LogP contribution < -0.4 is 14.8 Å². The largest absolute Gasteiger partial charge is 0.493 e. The van der Waals surface area contributed by atoms with Gasteiger partial charge < -0.3 is 9.47 Å². The van der Waals surface area contributed by atoms with E-state index in [-0.39, 0.29) is 12.5 Å². The van der Waals surface area contributed by atoms with Crippen LogP contribution in [0.25, 0.3) is 11.3 Å². The third-order valence-electron chi connectivity index (χ3n) is 4.35. The third kappa shape index (κ3) is 4.28. The van der Waals surface area contributed by atoms with Gasteiger partial charge in [0.25, 0.3) is 5.91 Å². The Bertz CT molecular complexity index is 950. The van der Waals surface area contributed by atoms with E-state index in [2.05, 4.69) is 10.3 Å². The van der Waals surface area contributed by atoms with Crippen LogP contribution in [0, 0.1) is 6.92 Å². The number of thiazole rings is 1. The molecular weight excluding hydrogens is 360 g/mol. The van der Waals surface area contributed by atoms with Crippen molar-refractivity contribution in [2.24, 2.45) is 0 Å². The van der Waals surface area contributed by atoms with Crippen molar-refractivity contribution in [3.8, 4) is 22.8 Å². The average Bonchev–Trinajstić information content (AvgIpc) is 3.15. The fourth-order valence-electron chi connectivity index (χ4n) is 2.90. The number of benzene rings is 2. The average molecular weight is 380 g/mol. The van der Waals surface area contributed by atoms with Crippen LogP contribution in [0.4, 0.5) is 5.13 Å². The molecule has 4 rings (SSSR count). The van der Waals surface area contributed by atoms with E-state index in [1.807, 2.05) is 54.8 Å². The monoisotopic (exact) mass is 380 g/mol. The normalized spacial score (nSPS) is 12.8. The van der Waals surface area contributed by atoms with E-state index in [4.69, 9.17) is 9.47 Å². The van der Waals surface area contributed by atoms with Crippen molar-refractivity contribution in [2.45, 2.75) is 19.8 Å². The van der Waals surface area contributed by atoms with E-state index in [0.29, 0.717) is 10.9 Å². The molecule has 2 aromatic carbocycles. The zero-order chi connectivity index (χ0) is 18.6. The molecule has 1 N–H and O–H groups in total. The van der Waals surface area contributed by atoms with Gasteiger partial charge in [-0.3, -0.25) is 10.1 Å². The standard InChI is InChI=1S/C21H20N2O3S/c1-14-4-6-15(7-5-14)18-13-27-21(22-18)23-20(24)12-26-17-9-8-16-3-2-10-25-19(16)11-17/h4-9,11,13H,2-3,10,12H2,1H3,(H,22,23,24). The number of rotatable bonds is 5. The number of nitrogens with zero attached hydrogens (tertiary/aromatic N) is 1. The van der Waals surface area contributed by atoms with Gasteiger partial charge in [0.05, 0.1) is 12.3 Å². The molecule has 0 unspecified atom stereocenters. The van der Waals surface area contributed by atoms with E-state index >= 15 is 0 Å². The zero-order valence-electron chi connectivity index (χ0n) is 15.0. The lowest BCUT2D eigenvalue weighted by Gasteiger charge is -2.17. The van der Waals surface area contributed by atoms with Gasteiger partial charge >= 0.3 is 0 Å². The maximum atomic E-state index is 12.2. The molecule has 27 heavy (non-hydrogen) atoms. The molecule has 1 amide bonds. The Balaban J connectivity index is 1.34. The lowest BCUT2D eigenvalue weighted by molar-refractivity contribution is -0.118. The lowest BCUT2D eigenvalue weighted by atomic mass is 10.1. The first-order valence-electron chi connectivity index (χ1n) is 8.88. The smallest absolute Gasteiger partial charge is 0.264 e. The first kappa shape index (κ1) is 17.5. The van der Waals surface area contributed by atoms with Gasteiger partial charge in [0.2, 0.25) is 0 Å². The first-order chi connectivity index (χ1) is 13.2. The molecule has 3 aromatic rings. The molecule has 5 nitrogen and oxygen atoms in total. The van der Waals surface area contributed by atoms with Crippen LogP contribution in [0.1, 0.15) is 17.5 Å². The fourth-order valence-corrected chi connectivity index (χ4v) is 3.64. The number of anilines is 1. The number of hydrogen-bond acceptors (Lipinski definition) is 5. The lowest BCUT2D eigenvalue weighted by Crippen LogP contribution is -2.20. The molecule has 0 spiro atoms. The highest BCUT2D eigenvalue weighted by Gasteiger charge is 2.13. The van der Waals surface area contributed by atoms with Crippen LogP contribution in [0.3, 0.4) is 0 Å². The Morgan fingerprint density at radius 3 is 2.96 bits per heavy atom. The van der Waals surface area contributed by atoms with E-state index in [9.17, 15) is 4.79 Å². The Hall–Kier alpha value is -2.86. The molecule has 1 aliphatic rings. The van der Waals surface area contributed by atoms with Crippen LogP contribution in [-0.4, -0.2) is 24.1 Å². The Labute approximate surface area is 162 Å². The topological polar surface area (TPSA) is 60.5 Å². The molecule has 0 atom stereocenters. The molecule has 0 bridgehead atoms. The number of carbonyl (C=O) groups is 1. The van der Waals surface area contributed by atoms with Crippen molar-refractivity contribution >= 4 is 22.4 Å². The van der Waals surface area contributed by atoms with Gasteiger partial charge in [0.1, 0.15) is 11.5 Å². The van der Waals surface area contributed by atoms with Gasteiger partial charge in [-0.1, -0.05) is 35.9 Å². The molecule has 0 radical (unpaired) electrons. The van der Waals surface area contributed by atoms with Crippen molar-refractivity contribution in [1.82, 2.24) is 4.98 Å². The van der Waals surface area contributed by atoms with Crippen LogP contribution in [0.15, 0.2) is 47.8 Å². The van der Waals surface area contributed by atoms with Gasteiger partial charge in [-0.05, 0) is 31.4 Å². The number of aryl methyl sites for hydroxylation is 2. The highest BCUT2D eigenvalue weighted by atomic mass is 32.1. The van der Waals surface area contributed by atoms with E-state index in [1.165, 1.54) is 22.5 Å². The minimum Gasteiger partial charge on any atom is -0.493 e. The number of fused-ring (bicyclic) bond motifs is 1. The Morgan fingerprint density at radius 2 is 2.11 bits per heavy atom. The van der Waals surface area contributed by atoms with Gasteiger partial charge in [0, 0.05) is 17.0 Å². The van der Waals surface area contributed by atoms with Crippen molar-refractivity contribution in [2.75, 3.05) is 18.5 Å². The SMILES string of the molecule is Cc1ccc(-c2csc(NC(=O)COc3ccc4c(c3)OCCC4)n2)cc1. The molecule has 2 heterocycles. The molecule has 0 saturated carbocycles. The summed E-state index contributed by atoms with van der Waals surface area (Å²) in [6.07, 6.45) is 2.05. The zero-order valence-corrected chi connectivity index (χ0v) is 15.8.